The molecule has 19 heavy (non-hydrogen) atoms. The molecule has 1 aromatic carbocycles. The van der Waals surface area contributed by atoms with Gasteiger partial charge in [-0.25, -0.2) is 9.67 Å². The highest BCUT2D eigenvalue weighted by atomic mass is 15.4. The number of nitrogens with zero attached hydrogens (tertiary/aromatic N) is 5. The van der Waals surface area contributed by atoms with Crippen LogP contribution < -0.4 is 5.32 Å². The molecule has 0 fully saturated rings. The van der Waals surface area contributed by atoms with Crippen LogP contribution >= 0.6 is 0 Å². The minimum Gasteiger partial charge on any atom is -0.363 e. The van der Waals surface area contributed by atoms with E-state index < -0.39 is 0 Å². The Morgan fingerprint density at radius 3 is 2.89 bits per heavy atom. The average molecular weight is 252 g/mol. The van der Waals surface area contributed by atoms with Crippen LogP contribution in [-0.4, -0.2) is 20.5 Å². The lowest BCUT2D eigenvalue weighted by atomic mass is 10.2. The van der Waals surface area contributed by atoms with Crippen LogP contribution in [0.1, 0.15) is 25.1 Å². The standard InChI is InChI=1S/C13H12N6/c1-9-6-12(19-13(17-9)15-8-16-19)18-11-4-2-10(7-14)3-5-11/h2-5,8,12,18H,6H2,1H3. The maximum absolute atomic E-state index is 8.78. The van der Waals surface area contributed by atoms with Gasteiger partial charge in [0, 0.05) is 17.8 Å². The van der Waals surface area contributed by atoms with E-state index in [1.165, 1.54) is 6.33 Å². The zero-order valence-electron chi connectivity index (χ0n) is 10.4. The first-order chi connectivity index (χ1) is 9.26. The van der Waals surface area contributed by atoms with Crippen molar-refractivity contribution >= 4 is 17.3 Å². The number of rotatable bonds is 2. The molecule has 0 bridgehead atoms. The van der Waals surface area contributed by atoms with E-state index in [1.807, 2.05) is 19.1 Å². The van der Waals surface area contributed by atoms with E-state index in [1.54, 1.807) is 16.8 Å². The summed E-state index contributed by atoms with van der Waals surface area (Å²) in [7, 11) is 0. The second-order valence-corrected chi connectivity index (χ2v) is 4.41. The second kappa shape index (κ2) is 4.53. The fourth-order valence-corrected chi connectivity index (χ4v) is 2.07. The molecule has 1 unspecified atom stereocenters. The molecule has 0 saturated heterocycles. The van der Waals surface area contributed by atoms with Gasteiger partial charge in [0.25, 0.3) is 0 Å². The van der Waals surface area contributed by atoms with E-state index in [-0.39, 0.29) is 6.17 Å². The Morgan fingerprint density at radius 1 is 1.37 bits per heavy atom. The summed E-state index contributed by atoms with van der Waals surface area (Å²) in [5, 5.41) is 16.3. The lowest BCUT2D eigenvalue weighted by molar-refractivity contribution is 0.511. The van der Waals surface area contributed by atoms with E-state index in [0.717, 1.165) is 17.8 Å². The molecule has 0 spiro atoms. The average Bonchev–Trinajstić information content (AvgIpc) is 2.88. The van der Waals surface area contributed by atoms with Gasteiger partial charge in [0.2, 0.25) is 5.95 Å². The number of aromatic nitrogens is 3. The topological polar surface area (TPSA) is 78.9 Å². The minimum atomic E-state index is 0.00272. The molecule has 2 aromatic rings. The number of benzene rings is 1. The molecule has 1 aliphatic heterocycles. The maximum atomic E-state index is 8.78. The van der Waals surface area contributed by atoms with Crippen molar-refractivity contribution in [1.82, 2.24) is 14.8 Å². The Morgan fingerprint density at radius 2 is 2.16 bits per heavy atom. The number of hydrogen-bond donors (Lipinski definition) is 1. The summed E-state index contributed by atoms with van der Waals surface area (Å²) in [6.07, 6.45) is 2.28. The van der Waals surface area contributed by atoms with Crippen LogP contribution in [0, 0.1) is 11.3 Å². The molecule has 1 atom stereocenters. The van der Waals surface area contributed by atoms with Crippen molar-refractivity contribution < 1.29 is 0 Å². The summed E-state index contributed by atoms with van der Waals surface area (Å²) in [4.78, 5) is 8.46. The van der Waals surface area contributed by atoms with Gasteiger partial charge in [0.1, 0.15) is 12.5 Å². The predicted molar refractivity (Wildman–Crippen MR) is 71.2 cm³/mol. The first-order valence-corrected chi connectivity index (χ1v) is 5.96. The van der Waals surface area contributed by atoms with Gasteiger partial charge in [-0.1, -0.05) is 0 Å². The van der Waals surface area contributed by atoms with Gasteiger partial charge in [-0.05, 0) is 31.2 Å². The van der Waals surface area contributed by atoms with Crippen LogP contribution in [0.15, 0.2) is 35.6 Å². The smallest absolute Gasteiger partial charge is 0.249 e. The molecule has 0 amide bonds. The van der Waals surface area contributed by atoms with Crippen molar-refractivity contribution in [2.24, 2.45) is 4.99 Å². The Balaban J connectivity index is 1.84. The maximum Gasteiger partial charge on any atom is 0.249 e. The Bertz CT molecular complexity index is 661. The first kappa shape index (κ1) is 11.4. The highest BCUT2D eigenvalue weighted by Gasteiger charge is 2.21. The summed E-state index contributed by atoms with van der Waals surface area (Å²) in [6, 6.07) is 9.44. The normalized spacial score (nSPS) is 17.3. The summed E-state index contributed by atoms with van der Waals surface area (Å²) >= 11 is 0. The number of nitrogens with one attached hydrogen (secondary N) is 1. The lowest BCUT2D eigenvalue weighted by Gasteiger charge is -2.23. The van der Waals surface area contributed by atoms with Crippen molar-refractivity contribution in [3.8, 4) is 6.07 Å². The number of hydrogen-bond acceptors (Lipinski definition) is 5. The van der Waals surface area contributed by atoms with Gasteiger partial charge in [0.05, 0.1) is 11.6 Å². The van der Waals surface area contributed by atoms with E-state index in [4.69, 9.17) is 5.26 Å². The van der Waals surface area contributed by atoms with Crippen LogP contribution in [0.25, 0.3) is 0 Å². The fourth-order valence-electron chi connectivity index (χ4n) is 2.07. The fraction of sp³-hybridized carbons (Fsp3) is 0.231. The molecule has 6 nitrogen and oxygen atoms in total. The molecule has 0 saturated carbocycles. The molecule has 94 valence electrons. The zero-order chi connectivity index (χ0) is 13.2. The minimum absolute atomic E-state index is 0.00272. The summed E-state index contributed by atoms with van der Waals surface area (Å²) in [6.45, 7) is 1.98. The Labute approximate surface area is 110 Å². The Kier molecular flexibility index (Phi) is 2.72. The van der Waals surface area contributed by atoms with E-state index >= 15 is 0 Å². The van der Waals surface area contributed by atoms with Crippen molar-refractivity contribution in [2.45, 2.75) is 19.5 Å². The monoisotopic (exact) mass is 252 g/mol. The number of fused-ring (bicyclic) bond motifs is 1. The molecule has 0 aliphatic carbocycles. The lowest BCUT2D eigenvalue weighted by Crippen LogP contribution is -2.24. The molecule has 2 heterocycles. The largest absolute Gasteiger partial charge is 0.363 e. The van der Waals surface area contributed by atoms with Gasteiger partial charge in [0.15, 0.2) is 0 Å². The molecule has 1 aliphatic rings. The SMILES string of the molecule is CC1=Nc2ncnn2C(Nc2ccc(C#N)cc2)C1. The molecule has 0 radical (unpaired) electrons. The van der Waals surface area contributed by atoms with Gasteiger partial charge in [-0.2, -0.15) is 15.3 Å². The third-order valence-corrected chi connectivity index (χ3v) is 2.98. The van der Waals surface area contributed by atoms with Crippen molar-refractivity contribution in [2.75, 3.05) is 5.32 Å². The molecule has 1 aromatic heterocycles. The highest BCUT2D eigenvalue weighted by molar-refractivity contribution is 5.85. The van der Waals surface area contributed by atoms with E-state index in [9.17, 15) is 0 Å². The van der Waals surface area contributed by atoms with E-state index in [0.29, 0.717) is 11.5 Å². The summed E-state index contributed by atoms with van der Waals surface area (Å²) in [5.74, 6) is 0.620. The highest BCUT2D eigenvalue weighted by Crippen LogP contribution is 2.25. The quantitative estimate of drug-likeness (QED) is 0.889. The van der Waals surface area contributed by atoms with Gasteiger partial charge >= 0.3 is 0 Å². The van der Waals surface area contributed by atoms with Gasteiger partial charge in [-0.3, -0.25) is 0 Å². The van der Waals surface area contributed by atoms with Crippen LogP contribution in [0.2, 0.25) is 0 Å². The Hall–Kier alpha value is -2.68. The summed E-state index contributed by atoms with van der Waals surface area (Å²) < 4.78 is 1.77. The zero-order valence-corrected chi connectivity index (χ0v) is 10.4. The van der Waals surface area contributed by atoms with Crippen LogP contribution in [0.4, 0.5) is 11.6 Å². The molecule has 1 N–H and O–H groups in total. The third-order valence-electron chi connectivity index (χ3n) is 2.98. The summed E-state index contributed by atoms with van der Waals surface area (Å²) in [5.41, 5.74) is 2.61. The number of aliphatic imine (C=N–C) groups is 1. The van der Waals surface area contributed by atoms with Crippen molar-refractivity contribution in [3.63, 3.8) is 0 Å². The predicted octanol–water partition coefficient (Wildman–Crippen LogP) is 2.26. The second-order valence-electron chi connectivity index (χ2n) is 4.41. The van der Waals surface area contributed by atoms with Gasteiger partial charge in [-0.15, -0.1) is 0 Å². The first-order valence-electron chi connectivity index (χ1n) is 5.96. The number of nitriles is 1. The van der Waals surface area contributed by atoms with Crippen LogP contribution in [0.3, 0.4) is 0 Å². The van der Waals surface area contributed by atoms with Gasteiger partial charge < -0.3 is 5.32 Å². The van der Waals surface area contributed by atoms with Crippen molar-refractivity contribution in [3.05, 3.63) is 36.2 Å². The molecular formula is C13H12N6. The van der Waals surface area contributed by atoms with Crippen molar-refractivity contribution in [1.29, 1.82) is 5.26 Å². The molecule has 6 heteroatoms. The molecular weight excluding hydrogens is 240 g/mol. The van der Waals surface area contributed by atoms with E-state index in [2.05, 4.69) is 26.5 Å². The van der Waals surface area contributed by atoms with Crippen LogP contribution in [-0.2, 0) is 0 Å². The third kappa shape index (κ3) is 2.18. The molecule has 3 rings (SSSR count). The number of anilines is 1. The van der Waals surface area contributed by atoms with Crippen LogP contribution in [0.5, 0.6) is 0 Å².